The molecule has 2 N–H and O–H groups in total. The van der Waals surface area contributed by atoms with Gasteiger partial charge in [0.2, 0.25) is 5.91 Å². The number of carbonyl (C=O) groups excluding carboxylic acids is 3. The fourth-order valence-corrected chi connectivity index (χ4v) is 4.18. The maximum atomic E-state index is 12.7. The third-order valence-electron chi connectivity index (χ3n) is 5.12. The van der Waals surface area contributed by atoms with Gasteiger partial charge in [0.05, 0.1) is 6.54 Å². The van der Waals surface area contributed by atoms with Crippen molar-refractivity contribution < 1.29 is 14.4 Å². The van der Waals surface area contributed by atoms with Crippen LogP contribution in [-0.2, 0) is 16.1 Å². The maximum absolute atomic E-state index is 12.7. The van der Waals surface area contributed by atoms with Gasteiger partial charge in [-0.3, -0.25) is 14.5 Å². The minimum atomic E-state index is -0.781. The lowest BCUT2D eigenvalue weighted by molar-refractivity contribution is -0.136. The summed E-state index contributed by atoms with van der Waals surface area (Å²) in [5.74, 6) is 0.0722. The number of rotatable bonds is 5. The van der Waals surface area contributed by atoms with Crippen molar-refractivity contribution in [3.05, 3.63) is 22.4 Å². The van der Waals surface area contributed by atoms with Crippen LogP contribution in [0.25, 0.3) is 0 Å². The molecule has 2 aliphatic rings. The molecule has 0 radical (unpaired) electrons. The van der Waals surface area contributed by atoms with E-state index < -0.39 is 11.6 Å². The van der Waals surface area contributed by atoms with Crippen LogP contribution in [0.2, 0.25) is 0 Å². The van der Waals surface area contributed by atoms with Gasteiger partial charge in [0.15, 0.2) is 0 Å². The van der Waals surface area contributed by atoms with Gasteiger partial charge in [-0.2, -0.15) is 0 Å². The second-order valence-electron chi connectivity index (χ2n) is 6.61. The lowest BCUT2D eigenvalue weighted by Crippen LogP contribution is -2.50. The molecule has 1 aliphatic carbocycles. The largest absolute Gasteiger partial charge is 0.350 e. The molecule has 0 aromatic carbocycles. The highest BCUT2D eigenvalue weighted by molar-refractivity contribution is 7.09. The topological polar surface area (TPSA) is 78.5 Å². The third-order valence-corrected chi connectivity index (χ3v) is 6.00. The molecule has 7 heteroatoms. The first-order valence-electron chi connectivity index (χ1n) is 8.47. The molecule has 24 heavy (non-hydrogen) atoms. The zero-order valence-corrected chi connectivity index (χ0v) is 14.7. The Labute approximate surface area is 145 Å². The van der Waals surface area contributed by atoms with E-state index in [1.165, 1.54) is 0 Å². The number of hydrogen-bond acceptors (Lipinski definition) is 4. The molecule has 2 heterocycles. The molecule has 1 saturated carbocycles. The van der Waals surface area contributed by atoms with Crippen LogP contribution in [0.4, 0.5) is 4.79 Å². The molecule has 0 unspecified atom stereocenters. The lowest BCUT2D eigenvalue weighted by Gasteiger charge is -2.34. The second kappa shape index (κ2) is 6.93. The van der Waals surface area contributed by atoms with Crippen LogP contribution in [0.3, 0.4) is 0 Å². The van der Waals surface area contributed by atoms with Crippen molar-refractivity contribution in [1.29, 1.82) is 0 Å². The molecule has 1 aromatic rings. The number of urea groups is 1. The maximum Gasteiger partial charge on any atom is 0.325 e. The fourth-order valence-electron chi connectivity index (χ4n) is 3.54. The minimum absolute atomic E-state index is 0.213. The summed E-state index contributed by atoms with van der Waals surface area (Å²) >= 11 is 1.55. The van der Waals surface area contributed by atoms with Crippen LogP contribution in [0, 0.1) is 5.92 Å². The van der Waals surface area contributed by atoms with E-state index in [4.69, 9.17) is 0 Å². The number of nitrogens with zero attached hydrogens (tertiary/aromatic N) is 1. The Morgan fingerprint density at radius 3 is 2.79 bits per heavy atom. The quantitative estimate of drug-likeness (QED) is 0.800. The predicted molar refractivity (Wildman–Crippen MR) is 91.4 cm³/mol. The lowest BCUT2D eigenvalue weighted by atomic mass is 9.75. The fraction of sp³-hybridized carbons (Fsp3) is 0.588. The standard InChI is InChI=1S/C17H23N3O3S/c1-2-12-5-7-17(8-6-12)15(22)20(16(23)19-17)11-14(21)18-10-13-4-3-9-24-13/h3-4,9,12H,2,5-8,10-11H2,1H3,(H,18,21)(H,19,23). The molecule has 0 atom stereocenters. The van der Waals surface area contributed by atoms with Crippen LogP contribution >= 0.6 is 11.3 Å². The summed E-state index contributed by atoms with van der Waals surface area (Å²) < 4.78 is 0. The van der Waals surface area contributed by atoms with Crippen molar-refractivity contribution in [2.45, 2.75) is 51.1 Å². The monoisotopic (exact) mass is 349 g/mol. The molecule has 1 spiro atoms. The van der Waals surface area contributed by atoms with E-state index in [1.54, 1.807) is 11.3 Å². The summed E-state index contributed by atoms with van der Waals surface area (Å²) in [5, 5.41) is 7.55. The van der Waals surface area contributed by atoms with Crippen molar-refractivity contribution in [3.8, 4) is 0 Å². The Morgan fingerprint density at radius 1 is 1.42 bits per heavy atom. The normalized spacial score (nSPS) is 26.7. The Bertz CT molecular complexity index is 621. The smallest absolute Gasteiger partial charge is 0.325 e. The summed E-state index contributed by atoms with van der Waals surface area (Å²) in [4.78, 5) is 39.1. The van der Waals surface area contributed by atoms with Gasteiger partial charge in [-0.1, -0.05) is 19.4 Å². The summed E-state index contributed by atoms with van der Waals surface area (Å²) in [6.07, 6.45) is 4.34. The van der Waals surface area contributed by atoms with Crippen LogP contribution in [-0.4, -0.2) is 34.8 Å². The summed E-state index contributed by atoms with van der Waals surface area (Å²) in [6, 6.07) is 3.40. The zero-order chi connectivity index (χ0) is 17.2. The Kier molecular flexibility index (Phi) is 4.89. The van der Waals surface area contributed by atoms with Gasteiger partial charge in [-0.25, -0.2) is 4.79 Å². The van der Waals surface area contributed by atoms with Gasteiger partial charge < -0.3 is 10.6 Å². The first-order valence-corrected chi connectivity index (χ1v) is 9.35. The highest BCUT2D eigenvalue weighted by atomic mass is 32.1. The zero-order valence-electron chi connectivity index (χ0n) is 13.8. The minimum Gasteiger partial charge on any atom is -0.350 e. The SMILES string of the molecule is CCC1CCC2(CC1)NC(=O)N(CC(=O)NCc1cccs1)C2=O. The molecule has 1 saturated heterocycles. The van der Waals surface area contributed by atoms with Crippen molar-refractivity contribution in [3.63, 3.8) is 0 Å². The van der Waals surface area contributed by atoms with Gasteiger partial charge in [0.1, 0.15) is 12.1 Å². The number of amides is 4. The van der Waals surface area contributed by atoms with E-state index in [2.05, 4.69) is 17.6 Å². The molecule has 0 bridgehead atoms. The average molecular weight is 349 g/mol. The molecule has 130 valence electrons. The first-order chi connectivity index (χ1) is 11.5. The molecule has 1 aromatic heterocycles. The highest BCUT2D eigenvalue weighted by Crippen LogP contribution is 2.37. The Morgan fingerprint density at radius 2 is 2.17 bits per heavy atom. The number of thiophene rings is 1. The number of carbonyl (C=O) groups is 3. The number of nitrogens with one attached hydrogen (secondary N) is 2. The van der Waals surface area contributed by atoms with Gasteiger partial charge in [0.25, 0.3) is 5.91 Å². The third kappa shape index (κ3) is 3.31. The van der Waals surface area contributed by atoms with E-state index in [-0.39, 0.29) is 18.4 Å². The van der Waals surface area contributed by atoms with Crippen LogP contribution in [0.5, 0.6) is 0 Å². The Balaban J connectivity index is 1.57. The van der Waals surface area contributed by atoms with E-state index in [0.717, 1.165) is 29.0 Å². The van der Waals surface area contributed by atoms with E-state index in [1.807, 2.05) is 17.5 Å². The Hall–Kier alpha value is -1.89. The first kappa shape index (κ1) is 17.0. The summed E-state index contributed by atoms with van der Waals surface area (Å²) in [5.41, 5.74) is -0.781. The second-order valence-corrected chi connectivity index (χ2v) is 7.64. The predicted octanol–water partition coefficient (Wildman–Crippen LogP) is 2.26. The van der Waals surface area contributed by atoms with Gasteiger partial charge in [-0.15, -0.1) is 11.3 Å². The van der Waals surface area contributed by atoms with Crippen molar-refractivity contribution >= 4 is 29.2 Å². The van der Waals surface area contributed by atoms with Crippen molar-refractivity contribution in [2.24, 2.45) is 5.92 Å². The van der Waals surface area contributed by atoms with Crippen LogP contribution in [0.1, 0.15) is 43.9 Å². The van der Waals surface area contributed by atoms with Crippen molar-refractivity contribution in [2.75, 3.05) is 6.54 Å². The molecule has 3 rings (SSSR count). The summed E-state index contributed by atoms with van der Waals surface area (Å²) in [6.45, 7) is 2.36. The average Bonchev–Trinajstić information content (AvgIpc) is 3.17. The van der Waals surface area contributed by atoms with E-state index in [0.29, 0.717) is 25.3 Å². The van der Waals surface area contributed by atoms with Crippen LogP contribution < -0.4 is 10.6 Å². The molecule has 1 aliphatic heterocycles. The van der Waals surface area contributed by atoms with E-state index >= 15 is 0 Å². The molecular formula is C17H23N3O3S. The van der Waals surface area contributed by atoms with Crippen molar-refractivity contribution in [1.82, 2.24) is 15.5 Å². The molecule has 6 nitrogen and oxygen atoms in total. The number of imide groups is 1. The van der Waals surface area contributed by atoms with Gasteiger partial charge in [-0.05, 0) is 43.0 Å². The molecule has 2 fully saturated rings. The molecule has 4 amide bonds. The van der Waals surface area contributed by atoms with Gasteiger partial charge in [0, 0.05) is 4.88 Å². The summed E-state index contributed by atoms with van der Waals surface area (Å²) in [7, 11) is 0. The number of hydrogen-bond donors (Lipinski definition) is 2. The molecular weight excluding hydrogens is 326 g/mol. The van der Waals surface area contributed by atoms with E-state index in [9.17, 15) is 14.4 Å². The van der Waals surface area contributed by atoms with Gasteiger partial charge >= 0.3 is 6.03 Å². The van der Waals surface area contributed by atoms with Crippen LogP contribution in [0.15, 0.2) is 17.5 Å². The highest BCUT2D eigenvalue weighted by Gasteiger charge is 2.52.